The molecule has 0 radical (unpaired) electrons. The van der Waals surface area contributed by atoms with Crippen molar-refractivity contribution in [3.63, 3.8) is 0 Å². The van der Waals surface area contributed by atoms with Gasteiger partial charge in [-0.15, -0.1) is 0 Å². The predicted octanol–water partition coefficient (Wildman–Crippen LogP) is 2.17. The molecule has 1 aromatic carbocycles. The minimum atomic E-state index is -0.917. The van der Waals surface area contributed by atoms with E-state index in [1.54, 1.807) is 0 Å². The van der Waals surface area contributed by atoms with Gasteiger partial charge in [-0.25, -0.2) is 4.79 Å². The highest BCUT2D eigenvalue weighted by Crippen LogP contribution is 2.24. The van der Waals surface area contributed by atoms with Crippen LogP contribution in [0.3, 0.4) is 0 Å². The quantitative estimate of drug-likeness (QED) is 0.903. The van der Waals surface area contributed by atoms with Crippen LogP contribution in [0.15, 0.2) is 30.3 Å². The van der Waals surface area contributed by atoms with E-state index in [0.717, 1.165) is 12.8 Å². The lowest BCUT2D eigenvalue weighted by molar-refractivity contribution is -0.154. The lowest BCUT2D eigenvalue weighted by Gasteiger charge is -2.37. The Balaban J connectivity index is 1.88. The van der Waals surface area contributed by atoms with Crippen molar-refractivity contribution in [3.8, 4) is 5.75 Å². The number of nitrogens with zero attached hydrogens (tertiary/aromatic N) is 1. The number of carbonyl (C=O) groups is 2. The lowest BCUT2D eigenvalue weighted by Crippen LogP contribution is -2.52. The molecule has 0 saturated carbocycles. The second-order valence-electron chi connectivity index (χ2n) is 5.40. The van der Waals surface area contributed by atoms with E-state index in [0.29, 0.717) is 12.3 Å². The summed E-state index contributed by atoms with van der Waals surface area (Å²) in [6.07, 6.45) is 1.91. The molecule has 0 spiro atoms. The minimum absolute atomic E-state index is 0.00441. The topological polar surface area (TPSA) is 66.8 Å². The molecule has 0 aromatic heterocycles. The van der Waals surface area contributed by atoms with Crippen LogP contribution in [0.5, 0.6) is 5.75 Å². The Morgan fingerprint density at radius 1 is 1.33 bits per heavy atom. The molecule has 21 heavy (non-hydrogen) atoms. The molecule has 1 aliphatic rings. The Bertz CT molecular complexity index is 488. The lowest BCUT2D eigenvalue weighted by atomic mass is 9.90. The molecule has 1 saturated heterocycles. The van der Waals surface area contributed by atoms with Gasteiger partial charge in [0.1, 0.15) is 11.8 Å². The molecular formula is C16H21NO4. The summed E-state index contributed by atoms with van der Waals surface area (Å²) < 4.78 is 5.50. The zero-order valence-corrected chi connectivity index (χ0v) is 12.2. The monoisotopic (exact) mass is 291 g/mol. The Morgan fingerprint density at radius 2 is 2.05 bits per heavy atom. The van der Waals surface area contributed by atoms with Crippen LogP contribution >= 0.6 is 0 Å². The smallest absolute Gasteiger partial charge is 0.326 e. The van der Waals surface area contributed by atoms with Gasteiger partial charge in [-0.05, 0) is 30.9 Å². The first kappa shape index (κ1) is 15.4. The molecule has 114 valence electrons. The van der Waals surface area contributed by atoms with E-state index in [1.165, 1.54) is 4.90 Å². The number of hydrogen-bond acceptors (Lipinski definition) is 3. The molecule has 2 unspecified atom stereocenters. The van der Waals surface area contributed by atoms with Crippen LogP contribution in [0, 0.1) is 5.92 Å². The van der Waals surface area contributed by atoms with Crippen molar-refractivity contribution in [2.24, 2.45) is 5.92 Å². The van der Waals surface area contributed by atoms with Gasteiger partial charge in [0.25, 0.3) is 0 Å². The summed E-state index contributed by atoms with van der Waals surface area (Å²) >= 11 is 0. The Kier molecular flexibility index (Phi) is 5.20. The Morgan fingerprint density at radius 3 is 2.71 bits per heavy atom. The first-order chi connectivity index (χ1) is 10.1. The summed E-state index contributed by atoms with van der Waals surface area (Å²) in [5.41, 5.74) is 0. The Hall–Kier alpha value is -2.04. The molecule has 5 heteroatoms. The van der Waals surface area contributed by atoms with Crippen molar-refractivity contribution in [3.05, 3.63) is 30.3 Å². The van der Waals surface area contributed by atoms with E-state index in [2.05, 4.69) is 0 Å². The first-order valence-electron chi connectivity index (χ1n) is 7.29. The largest absolute Gasteiger partial charge is 0.493 e. The number of carboxylic acid groups (broad SMARTS) is 1. The maximum absolute atomic E-state index is 12.2. The number of rotatable bonds is 5. The highest BCUT2D eigenvalue weighted by atomic mass is 16.5. The maximum Gasteiger partial charge on any atom is 0.326 e. The van der Waals surface area contributed by atoms with E-state index in [4.69, 9.17) is 4.74 Å². The fraction of sp³-hybridized carbons (Fsp3) is 0.500. The normalized spacial score (nSPS) is 21.9. The molecule has 1 aromatic rings. The van der Waals surface area contributed by atoms with Crippen molar-refractivity contribution in [1.29, 1.82) is 0 Å². The molecule has 1 amide bonds. The average Bonchev–Trinajstić information content (AvgIpc) is 2.47. The van der Waals surface area contributed by atoms with E-state index in [9.17, 15) is 14.7 Å². The number of amides is 1. The van der Waals surface area contributed by atoms with Crippen LogP contribution in [0.25, 0.3) is 0 Å². The molecule has 2 atom stereocenters. The average molecular weight is 291 g/mol. The Labute approximate surface area is 124 Å². The number of aliphatic carboxylic acids is 1. The number of likely N-dealkylation sites (tertiary alicyclic amines) is 1. The number of ether oxygens (including phenoxy) is 1. The van der Waals surface area contributed by atoms with Gasteiger partial charge >= 0.3 is 5.97 Å². The number of carboxylic acids is 1. The third-order valence-corrected chi connectivity index (χ3v) is 3.83. The molecule has 1 heterocycles. The van der Waals surface area contributed by atoms with Gasteiger partial charge in [-0.1, -0.05) is 25.1 Å². The molecule has 5 nitrogen and oxygen atoms in total. The van der Waals surface area contributed by atoms with Crippen LogP contribution < -0.4 is 4.74 Å². The van der Waals surface area contributed by atoms with Crippen molar-refractivity contribution in [1.82, 2.24) is 4.90 Å². The fourth-order valence-electron chi connectivity index (χ4n) is 2.76. The van der Waals surface area contributed by atoms with Gasteiger partial charge in [0.2, 0.25) is 5.91 Å². The van der Waals surface area contributed by atoms with Gasteiger partial charge in [-0.3, -0.25) is 4.79 Å². The predicted molar refractivity (Wildman–Crippen MR) is 78.1 cm³/mol. The van der Waals surface area contributed by atoms with E-state index in [-0.39, 0.29) is 24.9 Å². The summed E-state index contributed by atoms with van der Waals surface area (Å²) in [5, 5.41) is 9.31. The molecule has 1 fully saturated rings. The summed E-state index contributed by atoms with van der Waals surface area (Å²) in [5.74, 6) is -0.355. The third-order valence-electron chi connectivity index (χ3n) is 3.83. The van der Waals surface area contributed by atoms with E-state index >= 15 is 0 Å². The number of piperidine rings is 1. The van der Waals surface area contributed by atoms with Gasteiger partial charge in [0, 0.05) is 6.54 Å². The van der Waals surface area contributed by atoms with Crippen LogP contribution in [0.4, 0.5) is 0 Å². The summed E-state index contributed by atoms with van der Waals surface area (Å²) in [7, 11) is 0. The number of benzene rings is 1. The zero-order chi connectivity index (χ0) is 15.2. The van der Waals surface area contributed by atoms with Crippen molar-refractivity contribution in [2.45, 2.75) is 32.2 Å². The van der Waals surface area contributed by atoms with Crippen molar-refractivity contribution in [2.75, 3.05) is 13.2 Å². The van der Waals surface area contributed by atoms with Crippen LogP contribution in [0.2, 0.25) is 0 Å². The van der Waals surface area contributed by atoms with E-state index in [1.807, 2.05) is 37.3 Å². The summed E-state index contributed by atoms with van der Waals surface area (Å²) in [6, 6.07) is 8.57. The second-order valence-corrected chi connectivity index (χ2v) is 5.40. The molecule has 1 N–H and O–H groups in total. The van der Waals surface area contributed by atoms with Gasteiger partial charge in [0.15, 0.2) is 0 Å². The van der Waals surface area contributed by atoms with Crippen molar-refractivity contribution < 1.29 is 19.4 Å². The summed E-state index contributed by atoms with van der Waals surface area (Å²) in [6.45, 7) is 2.67. The first-order valence-corrected chi connectivity index (χ1v) is 7.29. The molecule has 0 bridgehead atoms. The summed E-state index contributed by atoms with van der Waals surface area (Å²) in [4.78, 5) is 25.1. The minimum Gasteiger partial charge on any atom is -0.493 e. The number of hydrogen-bond donors (Lipinski definition) is 1. The van der Waals surface area contributed by atoms with Crippen molar-refractivity contribution >= 4 is 11.9 Å². The molecule has 1 aliphatic heterocycles. The fourth-order valence-corrected chi connectivity index (χ4v) is 2.76. The molecular weight excluding hydrogens is 270 g/mol. The van der Waals surface area contributed by atoms with E-state index < -0.39 is 12.0 Å². The SMILES string of the molecule is CC1CCCN(C(=O)CCOc2ccccc2)C1C(=O)O. The number of carbonyl (C=O) groups excluding carboxylic acids is 1. The van der Waals surface area contributed by atoms with Gasteiger partial charge in [-0.2, -0.15) is 0 Å². The van der Waals surface area contributed by atoms with Crippen LogP contribution in [-0.2, 0) is 9.59 Å². The van der Waals surface area contributed by atoms with Crippen LogP contribution in [0.1, 0.15) is 26.2 Å². The van der Waals surface area contributed by atoms with Crippen LogP contribution in [-0.4, -0.2) is 41.1 Å². The highest BCUT2D eigenvalue weighted by Gasteiger charge is 2.36. The number of para-hydroxylation sites is 1. The van der Waals surface area contributed by atoms with Gasteiger partial charge in [0.05, 0.1) is 13.0 Å². The molecule has 2 rings (SSSR count). The highest BCUT2D eigenvalue weighted by molar-refractivity contribution is 5.84. The maximum atomic E-state index is 12.2. The second kappa shape index (κ2) is 7.11. The standard InChI is InChI=1S/C16H21NO4/c1-12-6-5-10-17(15(12)16(19)20)14(18)9-11-21-13-7-3-2-4-8-13/h2-4,7-8,12,15H,5-6,9-11H2,1H3,(H,19,20). The van der Waals surface area contributed by atoms with Gasteiger partial charge < -0.3 is 14.7 Å². The zero-order valence-electron chi connectivity index (χ0n) is 12.2. The molecule has 0 aliphatic carbocycles. The third kappa shape index (κ3) is 3.97.